The third kappa shape index (κ3) is 3.40. The number of carbonyl (C=O) groups excluding carboxylic acids is 1. The molecule has 1 aromatic carbocycles. The number of aromatic nitrogens is 2. The van der Waals surface area contributed by atoms with Crippen LogP contribution >= 0.6 is 11.3 Å². The summed E-state index contributed by atoms with van der Waals surface area (Å²) < 4.78 is 0. The number of nitrogens with one attached hydrogen (secondary N) is 1. The van der Waals surface area contributed by atoms with E-state index in [0.29, 0.717) is 5.13 Å². The van der Waals surface area contributed by atoms with E-state index in [4.69, 9.17) is 0 Å². The molecular weight excluding hydrogens is 346 g/mol. The number of carbonyl (C=O) groups is 1. The molecule has 1 N–H and O–H groups in total. The molecule has 3 aromatic rings. The van der Waals surface area contributed by atoms with Crippen molar-refractivity contribution in [3.63, 3.8) is 0 Å². The highest BCUT2D eigenvalue weighted by atomic mass is 32.1. The second kappa shape index (κ2) is 7.39. The molecule has 7 heteroatoms. The largest absolute Gasteiger partial charge is 0.368 e. The predicted molar refractivity (Wildman–Crippen MR) is 106 cm³/mol. The van der Waals surface area contributed by atoms with Gasteiger partial charge in [-0.25, -0.2) is 4.98 Å². The molecule has 0 radical (unpaired) electrons. The zero-order valence-electron chi connectivity index (χ0n) is 14.6. The van der Waals surface area contributed by atoms with Crippen LogP contribution in [0.15, 0.2) is 48.1 Å². The first-order valence-corrected chi connectivity index (χ1v) is 9.63. The van der Waals surface area contributed by atoms with E-state index < -0.39 is 0 Å². The third-order valence-electron chi connectivity index (χ3n) is 4.87. The van der Waals surface area contributed by atoms with Gasteiger partial charge in [-0.2, -0.15) is 0 Å². The summed E-state index contributed by atoms with van der Waals surface area (Å²) in [5, 5.41) is 6.59. The van der Waals surface area contributed by atoms with Gasteiger partial charge in [0.2, 0.25) is 5.91 Å². The molecule has 1 aliphatic heterocycles. The summed E-state index contributed by atoms with van der Waals surface area (Å²) >= 11 is 1.44. The fourth-order valence-corrected chi connectivity index (χ4v) is 3.90. The molecule has 6 nitrogen and oxygen atoms in total. The molecule has 0 bridgehead atoms. The van der Waals surface area contributed by atoms with E-state index in [-0.39, 0.29) is 11.9 Å². The van der Waals surface area contributed by atoms with Crippen LogP contribution in [0.5, 0.6) is 0 Å². The monoisotopic (exact) mass is 367 g/mol. The molecule has 1 saturated heterocycles. The van der Waals surface area contributed by atoms with Gasteiger partial charge in [-0.1, -0.05) is 18.2 Å². The van der Waals surface area contributed by atoms with Crippen molar-refractivity contribution in [3.8, 4) is 0 Å². The van der Waals surface area contributed by atoms with Gasteiger partial charge in [0.05, 0.1) is 11.6 Å². The maximum absolute atomic E-state index is 12.4. The van der Waals surface area contributed by atoms with Crippen molar-refractivity contribution in [2.75, 3.05) is 36.4 Å². The van der Waals surface area contributed by atoms with Crippen LogP contribution in [0, 0.1) is 0 Å². The fourth-order valence-electron chi connectivity index (χ4n) is 3.37. The van der Waals surface area contributed by atoms with Crippen LogP contribution in [0.2, 0.25) is 0 Å². The average molecular weight is 367 g/mol. The molecule has 4 rings (SSSR count). The molecule has 134 valence electrons. The summed E-state index contributed by atoms with van der Waals surface area (Å²) in [4.78, 5) is 25.6. The lowest BCUT2D eigenvalue weighted by atomic mass is 10.1. The number of pyridine rings is 1. The molecule has 2 aromatic heterocycles. The van der Waals surface area contributed by atoms with E-state index in [9.17, 15) is 4.79 Å². The quantitative estimate of drug-likeness (QED) is 0.768. The van der Waals surface area contributed by atoms with Crippen molar-refractivity contribution in [1.82, 2.24) is 14.9 Å². The number of para-hydroxylation sites is 1. The number of benzene rings is 1. The van der Waals surface area contributed by atoms with Crippen LogP contribution in [-0.2, 0) is 4.79 Å². The highest BCUT2D eigenvalue weighted by Gasteiger charge is 2.26. The highest BCUT2D eigenvalue weighted by Crippen LogP contribution is 2.26. The van der Waals surface area contributed by atoms with Crippen molar-refractivity contribution in [3.05, 3.63) is 48.1 Å². The summed E-state index contributed by atoms with van der Waals surface area (Å²) in [5.41, 5.74) is 2.23. The Morgan fingerprint density at radius 1 is 1.12 bits per heavy atom. The molecule has 0 unspecified atom stereocenters. The molecule has 1 atom stereocenters. The predicted octanol–water partition coefficient (Wildman–Crippen LogP) is 2.84. The van der Waals surface area contributed by atoms with Crippen molar-refractivity contribution in [2.24, 2.45) is 0 Å². The minimum Gasteiger partial charge on any atom is -0.368 e. The van der Waals surface area contributed by atoms with E-state index in [0.717, 1.165) is 31.7 Å². The Balaban J connectivity index is 1.41. The smallest absolute Gasteiger partial charge is 0.243 e. The Bertz CT molecular complexity index is 885. The van der Waals surface area contributed by atoms with E-state index in [1.54, 1.807) is 6.20 Å². The number of nitrogens with zero attached hydrogens (tertiary/aromatic N) is 4. The maximum Gasteiger partial charge on any atom is 0.243 e. The molecule has 1 amide bonds. The van der Waals surface area contributed by atoms with Crippen LogP contribution in [0.3, 0.4) is 0 Å². The third-order valence-corrected chi connectivity index (χ3v) is 5.56. The van der Waals surface area contributed by atoms with Gasteiger partial charge in [0.1, 0.15) is 0 Å². The lowest BCUT2D eigenvalue weighted by Crippen LogP contribution is -2.52. The number of piperazine rings is 1. The van der Waals surface area contributed by atoms with E-state index in [1.807, 2.05) is 30.6 Å². The van der Waals surface area contributed by atoms with Crippen LogP contribution in [-0.4, -0.2) is 53.0 Å². The van der Waals surface area contributed by atoms with Crippen LogP contribution in [0.1, 0.15) is 6.92 Å². The van der Waals surface area contributed by atoms with Crippen molar-refractivity contribution < 1.29 is 4.79 Å². The molecule has 3 heterocycles. The second-order valence-electron chi connectivity index (χ2n) is 6.37. The Morgan fingerprint density at radius 3 is 2.69 bits per heavy atom. The lowest BCUT2D eigenvalue weighted by molar-refractivity contribution is -0.120. The van der Waals surface area contributed by atoms with Gasteiger partial charge in [0.25, 0.3) is 0 Å². The summed E-state index contributed by atoms with van der Waals surface area (Å²) in [6.07, 6.45) is 3.57. The number of anilines is 2. The summed E-state index contributed by atoms with van der Waals surface area (Å²) in [6.45, 7) is 5.44. The normalized spacial score (nSPS) is 16.6. The summed E-state index contributed by atoms with van der Waals surface area (Å²) in [6, 6.07) is 10.1. The van der Waals surface area contributed by atoms with E-state index >= 15 is 0 Å². The topological polar surface area (TPSA) is 61.4 Å². The number of hydrogen-bond donors (Lipinski definition) is 1. The Kier molecular flexibility index (Phi) is 4.81. The summed E-state index contributed by atoms with van der Waals surface area (Å²) in [5.74, 6) is 0.00256. The molecule has 26 heavy (non-hydrogen) atoms. The van der Waals surface area contributed by atoms with Crippen LogP contribution < -0.4 is 10.2 Å². The fraction of sp³-hybridized carbons (Fsp3) is 0.316. The first kappa shape index (κ1) is 16.9. The minimum absolute atomic E-state index is 0.00256. The zero-order valence-corrected chi connectivity index (χ0v) is 15.4. The van der Waals surface area contributed by atoms with Gasteiger partial charge in [0, 0.05) is 55.0 Å². The van der Waals surface area contributed by atoms with Crippen molar-refractivity contribution >= 4 is 39.0 Å². The van der Waals surface area contributed by atoms with Gasteiger partial charge in [-0.05, 0) is 19.1 Å². The zero-order chi connectivity index (χ0) is 17.9. The van der Waals surface area contributed by atoms with E-state index in [1.165, 1.54) is 22.4 Å². The number of amides is 1. The highest BCUT2D eigenvalue weighted by molar-refractivity contribution is 7.13. The van der Waals surface area contributed by atoms with Gasteiger partial charge in [-0.15, -0.1) is 11.3 Å². The first-order chi connectivity index (χ1) is 12.7. The standard InChI is InChI=1S/C19H21N5OS/c1-14(18(25)22-19-21-8-13-26-19)23-9-11-24(12-10-23)17-6-7-20-16-5-3-2-4-15(16)17/h2-8,13-14H,9-12H2,1H3,(H,21,22,25)/t14-/m1/s1. The van der Waals surface area contributed by atoms with Crippen molar-refractivity contribution in [2.45, 2.75) is 13.0 Å². The van der Waals surface area contributed by atoms with Gasteiger partial charge < -0.3 is 10.2 Å². The van der Waals surface area contributed by atoms with Crippen LogP contribution in [0.4, 0.5) is 10.8 Å². The second-order valence-corrected chi connectivity index (χ2v) is 7.27. The average Bonchev–Trinajstić information content (AvgIpc) is 3.20. The van der Waals surface area contributed by atoms with Crippen molar-refractivity contribution in [1.29, 1.82) is 0 Å². The Labute approximate surface area is 156 Å². The Morgan fingerprint density at radius 2 is 1.92 bits per heavy atom. The summed E-state index contributed by atoms with van der Waals surface area (Å²) in [7, 11) is 0. The van der Waals surface area contributed by atoms with Gasteiger partial charge in [-0.3, -0.25) is 14.7 Å². The molecule has 1 fully saturated rings. The molecular formula is C19H21N5OS. The SMILES string of the molecule is C[C@H](C(=O)Nc1nccs1)N1CCN(c2ccnc3ccccc23)CC1. The number of fused-ring (bicyclic) bond motifs is 1. The molecule has 0 saturated carbocycles. The van der Waals surface area contributed by atoms with Crippen LogP contribution in [0.25, 0.3) is 10.9 Å². The first-order valence-electron chi connectivity index (χ1n) is 8.75. The van der Waals surface area contributed by atoms with Gasteiger partial charge >= 0.3 is 0 Å². The Hall–Kier alpha value is -2.51. The number of thiazole rings is 1. The molecule has 0 aliphatic carbocycles. The van der Waals surface area contributed by atoms with Gasteiger partial charge in [0.15, 0.2) is 5.13 Å². The molecule has 0 spiro atoms. The minimum atomic E-state index is -0.171. The van der Waals surface area contributed by atoms with E-state index in [2.05, 4.69) is 43.3 Å². The molecule has 1 aliphatic rings. The number of rotatable bonds is 4. The lowest BCUT2D eigenvalue weighted by Gasteiger charge is -2.38. The maximum atomic E-state index is 12.4. The number of hydrogen-bond acceptors (Lipinski definition) is 6.